The predicted molar refractivity (Wildman–Crippen MR) is 118 cm³/mol. The maximum Gasteiger partial charge on any atom is 0.274 e. The Labute approximate surface area is 184 Å². The minimum Gasteiger partial charge on any atom is -0.320 e. The number of anilines is 2. The molecule has 0 saturated carbocycles. The van der Waals surface area contributed by atoms with E-state index in [0.29, 0.717) is 0 Å². The lowest BCUT2D eigenvalue weighted by atomic mass is 10.2. The molecule has 2 aromatic carbocycles. The number of nitrogens with zero attached hydrogens (tertiary/aromatic N) is 1. The van der Waals surface area contributed by atoms with Crippen molar-refractivity contribution in [3.05, 3.63) is 83.9 Å². The van der Waals surface area contributed by atoms with Crippen LogP contribution in [0, 0.1) is 5.82 Å². The third-order valence-corrected chi connectivity index (χ3v) is 5.87. The number of carbonyl (C=O) groups excluding carboxylic acids is 2. The van der Waals surface area contributed by atoms with Crippen molar-refractivity contribution in [2.24, 2.45) is 0 Å². The maximum atomic E-state index is 13.8. The van der Waals surface area contributed by atoms with Crippen LogP contribution in [0.1, 0.15) is 34.7 Å². The summed E-state index contributed by atoms with van der Waals surface area (Å²) in [6.07, 6.45) is 1.46. The topological polar surface area (TPSA) is 117 Å². The number of hydrogen-bond acceptors (Lipinski definition) is 5. The Morgan fingerprint density at radius 1 is 0.906 bits per heavy atom. The lowest BCUT2D eigenvalue weighted by Gasteiger charge is -2.13. The Kier molecular flexibility index (Phi) is 6.96. The molecule has 166 valence electrons. The zero-order chi connectivity index (χ0) is 23.3. The number of pyridine rings is 1. The van der Waals surface area contributed by atoms with Gasteiger partial charge in [0.1, 0.15) is 11.5 Å². The number of aromatic nitrogens is 1. The Hall–Kier alpha value is -3.63. The van der Waals surface area contributed by atoms with Crippen molar-refractivity contribution in [1.29, 1.82) is 0 Å². The molecule has 0 saturated heterocycles. The van der Waals surface area contributed by atoms with Crippen LogP contribution in [-0.4, -0.2) is 31.3 Å². The summed E-state index contributed by atoms with van der Waals surface area (Å²) in [6.45, 7) is 3.39. The molecule has 0 aliphatic heterocycles. The first-order valence-corrected chi connectivity index (χ1v) is 11.1. The first-order valence-electron chi connectivity index (χ1n) is 9.61. The van der Waals surface area contributed by atoms with Crippen LogP contribution in [0.3, 0.4) is 0 Å². The molecule has 3 aromatic rings. The molecule has 10 heteroatoms. The van der Waals surface area contributed by atoms with E-state index in [0.717, 1.165) is 12.1 Å². The highest BCUT2D eigenvalue weighted by atomic mass is 32.2. The van der Waals surface area contributed by atoms with Crippen molar-refractivity contribution in [3.63, 3.8) is 0 Å². The van der Waals surface area contributed by atoms with Crippen molar-refractivity contribution in [3.8, 4) is 0 Å². The van der Waals surface area contributed by atoms with E-state index < -0.39 is 27.7 Å². The predicted octanol–water partition coefficient (Wildman–Crippen LogP) is 3.41. The number of nitrogens with one attached hydrogen (secondary N) is 3. The fraction of sp³-hybridized carbons (Fsp3) is 0.136. The molecule has 3 N–H and O–H groups in total. The van der Waals surface area contributed by atoms with Gasteiger partial charge in [-0.25, -0.2) is 17.5 Å². The van der Waals surface area contributed by atoms with Gasteiger partial charge in [-0.15, -0.1) is 0 Å². The molecule has 8 nitrogen and oxygen atoms in total. The van der Waals surface area contributed by atoms with E-state index in [2.05, 4.69) is 20.3 Å². The molecule has 0 fully saturated rings. The second kappa shape index (κ2) is 9.67. The third-order valence-electron chi connectivity index (χ3n) is 4.19. The summed E-state index contributed by atoms with van der Waals surface area (Å²) in [5.41, 5.74) is 0.522. The minimum absolute atomic E-state index is 0.0109. The fourth-order valence-electron chi connectivity index (χ4n) is 2.77. The van der Waals surface area contributed by atoms with E-state index >= 15 is 0 Å². The number of benzene rings is 2. The van der Waals surface area contributed by atoms with E-state index in [1.807, 2.05) is 0 Å². The Morgan fingerprint density at radius 2 is 1.59 bits per heavy atom. The number of sulfonamides is 1. The van der Waals surface area contributed by atoms with Gasteiger partial charge in [0, 0.05) is 17.8 Å². The molecule has 32 heavy (non-hydrogen) atoms. The zero-order valence-corrected chi connectivity index (χ0v) is 18.1. The van der Waals surface area contributed by atoms with Gasteiger partial charge in [-0.1, -0.05) is 6.07 Å². The van der Waals surface area contributed by atoms with E-state index in [1.165, 1.54) is 42.6 Å². The summed E-state index contributed by atoms with van der Waals surface area (Å²) in [5.74, 6) is -1.75. The van der Waals surface area contributed by atoms with E-state index in [-0.39, 0.29) is 33.6 Å². The van der Waals surface area contributed by atoms with E-state index in [1.54, 1.807) is 26.0 Å². The second-order valence-electron chi connectivity index (χ2n) is 7.11. The molecule has 0 unspecified atom stereocenters. The highest BCUT2D eigenvalue weighted by Gasteiger charge is 2.17. The Balaban J connectivity index is 1.79. The van der Waals surface area contributed by atoms with Crippen molar-refractivity contribution in [2.45, 2.75) is 24.8 Å². The number of carbonyl (C=O) groups is 2. The largest absolute Gasteiger partial charge is 0.320 e. The SMILES string of the molecule is CC(C)NS(=O)(=O)c1ccc(C(=O)Nc2cc(F)ccc2NC(=O)c2ccccn2)cc1. The molecule has 0 bridgehead atoms. The van der Waals surface area contributed by atoms with E-state index in [4.69, 9.17) is 0 Å². The second-order valence-corrected chi connectivity index (χ2v) is 8.83. The van der Waals surface area contributed by atoms with Gasteiger partial charge in [0.25, 0.3) is 11.8 Å². The maximum absolute atomic E-state index is 13.8. The molecule has 0 spiro atoms. The van der Waals surface area contributed by atoms with Crippen LogP contribution in [0.25, 0.3) is 0 Å². The van der Waals surface area contributed by atoms with Crippen LogP contribution in [-0.2, 0) is 10.0 Å². The van der Waals surface area contributed by atoms with Crippen LogP contribution in [0.15, 0.2) is 71.8 Å². The molecule has 0 radical (unpaired) electrons. The van der Waals surface area contributed by atoms with Gasteiger partial charge in [0.2, 0.25) is 10.0 Å². The number of hydrogen-bond donors (Lipinski definition) is 3. The standard InChI is InChI=1S/C22H21FN4O4S/c1-14(2)27-32(30,31)17-9-6-15(7-10-17)21(28)26-20-13-16(23)8-11-18(20)25-22(29)19-5-3-4-12-24-19/h3-14,27H,1-2H3,(H,25,29)(H,26,28). The monoisotopic (exact) mass is 456 g/mol. The average molecular weight is 456 g/mol. The summed E-state index contributed by atoms with van der Waals surface area (Å²) < 4.78 is 40.7. The average Bonchev–Trinajstić information content (AvgIpc) is 2.75. The molecule has 3 rings (SSSR count). The van der Waals surface area contributed by atoms with Crippen LogP contribution in [0.4, 0.5) is 15.8 Å². The first-order chi connectivity index (χ1) is 15.2. The lowest BCUT2D eigenvalue weighted by molar-refractivity contribution is 0.101. The van der Waals surface area contributed by atoms with Gasteiger partial charge in [-0.05, 0) is 68.4 Å². The molecular formula is C22H21FN4O4S. The summed E-state index contributed by atoms with van der Waals surface area (Å²) >= 11 is 0. The van der Waals surface area contributed by atoms with Gasteiger partial charge >= 0.3 is 0 Å². The Morgan fingerprint density at radius 3 is 2.22 bits per heavy atom. The van der Waals surface area contributed by atoms with Crippen molar-refractivity contribution >= 4 is 33.2 Å². The molecule has 2 amide bonds. The van der Waals surface area contributed by atoms with Gasteiger partial charge in [-0.2, -0.15) is 0 Å². The highest BCUT2D eigenvalue weighted by molar-refractivity contribution is 7.89. The third kappa shape index (κ3) is 5.74. The van der Waals surface area contributed by atoms with Crippen molar-refractivity contribution in [2.75, 3.05) is 10.6 Å². The normalized spacial score (nSPS) is 11.2. The van der Waals surface area contributed by atoms with Crippen molar-refractivity contribution < 1.29 is 22.4 Å². The fourth-order valence-corrected chi connectivity index (χ4v) is 4.02. The molecule has 0 aliphatic carbocycles. The van der Waals surface area contributed by atoms with Crippen LogP contribution >= 0.6 is 0 Å². The molecule has 1 heterocycles. The van der Waals surface area contributed by atoms with Crippen LogP contribution in [0.2, 0.25) is 0 Å². The first kappa shape index (κ1) is 23.0. The quantitative estimate of drug-likeness (QED) is 0.504. The zero-order valence-electron chi connectivity index (χ0n) is 17.3. The Bertz CT molecular complexity index is 1230. The van der Waals surface area contributed by atoms with Gasteiger partial charge in [0.05, 0.1) is 16.3 Å². The van der Waals surface area contributed by atoms with Crippen LogP contribution < -0.4 is 15.4 Å². The molecular weight excluding hydrogens is 435 g/mol. The summed E-state index contributed by atoms with van der Waals surface area (Å²) in [7, 11) is -3.70. The minimum atomic E-state index is -3.70. The number of rotatable bonds is 7. The van der Waals surface area contributed by atoms with E-state index in [9.17, 15) is 22.4 Å². The number of halogens is 1. The molecule has 1 aromatic heterocycles. The lowest BCUT2D eigenvalue weighted by Crippen LogP contribution is -2.30. The molecule has 0 atom stereocenters. The summed E-state index contributed by atoms with van der Waals surface area (Å²) in [4.78, 5) is 29.0. The highest BCUT2D eigenvalue weighted by Crippen LogP contribution is 2.24. The smallest absolute Gasteiger partial charge is 0.274 e. The van der Waals surface area contributed by atoms with Gasteiger partial charge in [0.15, 0.2) is 0 Å². The molecule has 0 aliphatic rings. The van der Waals surface area contributed by atoms with Crippen molar-refractivity contribution in [1.82, 2.24) is 9.71 Å². The van der Waals surface area contributed by atoms with Gasteiger partial charge < -0.3 is 10.6 Å². The van der Waals surface area contributed by atoms with Crippen LogP contribution in [0.5, 0.6) is 0 Å². The summed E-state index contributed by atoms with van der Waals surface area (Å²) in [6, 6.07) is 13.4. The number of amides is 2. The summed E-state index contributed by atoms with van der Waals surface area (Å²) in [5, 5.41) is 5.12. The van der Waals surface area contributed by atoms with Gasteiger partial charge in [-0.3, -0.25) is 14.6 Å².